The second-order valence-corrected chi connectivity index (χ2v) is 5.19. The molecule has 0 radical (unpaired) electrons. The maximum absolute atomic E-state index is 6.06. The van der Waals surface area contributed by atoms with Crippen LogP contribution < -0.4 is 5.73 Å². The molecule has 0 saturated carbocycles. The lowest BCUT2D eigenvalue weighted by molar-refractivity contribution is 0.0908. The van der Waals surface area contributed by atoms with E-state index in [0.29, 0.717) is 5.54 Å². The molecule has 0 spiro atoms. The highest BCUT2D eigenvalue weighted by Crippen LogP contribution is 2.31. The fraction of sp³-hybridized carbons (Fsp3) is 1.00. The first-order valence-corrected chi connectivity index (χ1v) is 6.63. The number of hydrogen-bond acceptors (Lipinski definition) is 2. The van der Waals surface area contributed by atoms with Crippen LogP contribution in [0.3, 0.4) is 0 Å². The monoisotopic (exact) mass is 212 g/mol. The molecular formula is C13H28N2. The summed E-state index contributed by atoms with van der Waals surface area (Å²) in [7, 11) is 0. The van der Waals surface area contributed by atoms with Crippen molar-refractivity contribution >= 4 is 0 Å². The highest BCUT2D eigenvalue weighted by molar-refractivity contribution is 4.93. The van der Waals surface area contributed by atoms with Crippen LogP contribution in [0.15, 0.2) is 0 Å². The zero-order valence-corrected chi connectivity index (χ0v) is 10.8. The van der Waals surface area contributed by atoms with Crippen molar-refractivity contribution in [3.63, 3.8) is 0 Å². The zero-order chi connectivity index (χ0) is 11.3. The Bertz CT molecular complexity index is 169. The van der Waals surface area contributed by atoms with Gasteiger partial charge < -0.3 is 5.73 Å². The van der Waals surface area contributed by atoms with Gasteiger partial charge in [0.2, 0.25) is 0 Å². The van der Waals surface area contributed by atoms with E-state index in [-0.39, 0.29) is 0 Å². The van der Waals surface area contributed by atoms with E-state index in [1.54, 1.807) is 0 Å². The topological polar surface area (TPSA) is 29.3 Å². The summed E-state index contributed by atoms with van der Waals surface area (Å²) in [6.45, 7) is 10.3. The first kappa shape index (κ1) is 13.0. The molecule has 0 aromatic rings. The molecule has 0 bridgehead atoms. The summed E-state index contributed by atoms with van der Waals surface area (Å²) in [5.41, 5.74) is 6.36. The van der Waals surface area contributed by atoms with Crippen LogP contribution in [0, 0.1) is 5.92 Å². The highest BCUT2D eigenvalue weighted by Gasteiger charge is 2.35. The Kier molecular flexibility index (Phi) is 5.07. The van der Waals surface area contributed by atoms with Crippen LogP contribution in [0.5, 0.6) is 0 Å². The Morgan fingerprint density at radius 1 is 1.27 bits per heavy atom. The summed E-state index contributed by atoms with van der Waals surface area (Å²) in [5, 5.41) is 0. The second kappa shape index (κ2) is 5.86. The average molecular weight is 212 g/mol. The Morgan fingerprint density at radius 3 is 2.27 bits per heavy atom. The lowest BCUT2D eigenvalue weighted by Crippen LogP contribution is -2.53. The van der Waals surface area contributed by atoms with Crippen molar-refractivity contribution in [3.05, 3.63) is 0 Å². The van der Waals surface area contributed by atoms with Gasteiger partial charge in [-0.1, -0.05) is 27.2 Å². The zero-order valence-electron chi connectivity index (χ0n) is 10.8. The summed E-state index contributed by atoms with van der Waals surface area (Å²) in [6.07, 6.45) is 6.48. The van der Waals surface area contributed by atoms with Crippen LogP contribution >= 0.6 is 0 Å². The average Bonchev–Trinajstić information content (AvgIpc) is 2.79. The predicted octanol–water partition coefficient (Wildman–Crippen LogP) is 2.63. The third-order valence-corrected chi connectivity index (χ3v) is 4.24. The molecule has 0 aromatic heterocycles. The van der Waals surface area contributed by atoms with Gasteiger partial charge in [-0.15, -0.1) is 0 Å². The van der Waals surface area contributed by atoms with E-state index in [0.717, 1.165) is 12.5 Å². The minimum absolute atomic E-state index is 0.298. The van der Waals surface area contributed by atoms with Gasteiger partial charge in [0.25, 0.3) is 0 Å². The van der Waals surface area contributed by atoms with E-state index in [1.165, 1.54) is 45.2 Å². The molecule has 1 heterocycles. The smallest absolute Gasteiger partial charge is 0.0331 e. The molecule has 0 amide bonds. The molecule has 1 fully saturated rings. The molecule has 0 aromatic carbocycles. The van der Waals surface area contributed by atoms with E-state index < -0.39 is 0 Å². The maximum atomic E-state index is 6.06. The molecule has 1 rings (SSSR count). The van der Waals surface area contributed by atoms with Crippen molar-refractivity contribution in [2.45, 2.75) is 58.4 Å². The molecule has 1 aliphatic rings. The first-order chi connectivity index (χ1) is 7.18. The van der Waals surface area contributed by atoms with Crippen molar-refractivity contribution in [2.24, 2.45) is 11.7 Å². The van der Waals surface area contributed by atoms with Crippen LogP contribution in [-0.4, -0.2) is 30.1 Å². The second-order valence-electron chi connectivity index (χ2n) is 5.19. The van der Waals surface area contributed by atoms with Gasteiger partial charge in [-0.2, -0.15) is 0 Å². The fourth-order valence-electron chi connectivity index (χ4n) is 2.84. The highest BCUT2D eigenvalue weighted by atomic mass is 15.2. The minimum Gasteiger partial charge on any atom is -0.329 e. The maximum Gasteiger partial charge on any atom is 0.0331 e. The Morgan fingerprint density at radius 2 is 1.87 bits per heavy atom. The Balaban J connectivity index is 2.66. The lowest BCUT2D eigenvalue weighted by Gasteiger charge is -2.42. The number of likely N-dealkylation sites (tertiary alicyclic amines) is 1. The van der Waals surface area contributed by atoms with Gasteiger partial charge in [-0.05, 0) is 44.7 Å². The molecule has 2 heteroatoms. The van der Waals surface area contributed by atoms with Crippen molar-refractivity contribution in [1.82, 2.24) is 4.90 Å². The predicted molar refractivity (Wildman–Crippen MR) is 67.0 cm³/mol. The van der Waals surface area contributed by atoms with Crippen molar-refractivity contribution in [3.8, 4) is 0 Å². The number of rotatable bonds is 6. The van der Waals surface area contributed by atoms with Gasteiger partial charge in [0.05, 0.1) is 0 Å². The summed E-state index contributed by atoms with van der Waals surface area (Å²) in [5.74, 6) is 0.800. The third-order valence-electron chi connectivity index (χ3n) is 4.24. The first-order valence-electron chi connectivity index (χ1n) is 6.63. The molecule has 1 aliphatic heterocycles. The van der Waals surface area contributed by atoms with E-state index in [4.69, 9.17) is 5.73 Å². The van der Waals surface area contributed by atoms with Gasteiger partial charge in [0.1, 0.15) is 0 Å². The van der Waals surface area contributed by atoms with Gasteiger partial charge in [0, 0.05) is 12.1 Å². The molecule has 2 N–H and O–H groups in total. The molecule has 1 saturated heterocycles. The van der Waals surface area contributed by atoms with E-state index >= 15 is 0 Å². The van der Waals surface area contributed by atoms with Gasteiger partial charge in [-0.3, -0.25) is 4.90 Å². The van der Waals surface area contributed by atoms with Gasteiger partial charge >= 0.3 is 0 Å². The molecule has 2 nitrogen and oxygen atoms in total. The molecule has 2 unspecified atom stereocenters. The van der Waals surface area contributed by atoms with E-state index in [2.05, 4.69) is 25.7 Å². The molecular weight excluding hydrogens is 184 g/mol. The SMILES string of the molecule is CCC(C)CC(CC)(CN)N1CCCC1. The number of nitrogens with zero attached hydrogens (tertiary/aromatic N) is 1. The molecule has 15 heavy (non-hydrogen) atoms. The van der Waals surface area contributed by atoms with Crippen LogP contribution in [0.2, 0.25) is 0 Å². The number of nitrogens with two attached hydrogens (primary N) is 1. The lowest BCUT2D eigenvalue weighted by atomic mass is 9.83. The largest absolute Gasteiger partial charge is 0.329 e. The van der Waals surface area contributed by atoms with Crippen LogP contribution in [0.25, 0.3) is 0 Å². The van der Waals surface area contributed by atoms with Crippen molar-refractivity contribution in [1.29, 1.82) is 0 Å². The van der Waals surface area contributed by atoms with E-state index in [9.17, 15) is 0 Å². The fourth-order valence-corrected chi connectivity index (χ4v) is 2.84. The van der Waals surface area contributed by atoms with Gasteiger partial charge in [-0.25, -0.2) is 0 Å². The quantitative estimate of drug-likeness (QED) is 0.733. The molecule has 90 valence electrons. The standard InChI is InChI=1S/C13H28N2/c1-4-12(3)10-13(5-2,11-14)15-8-6-7-9-15/h12H,4-11,14H2,1-3H3. The van der Waals surface area contributed by atoms with Crippen molar-refractivity contribution < 1.29 is 0 Å². The summed E-state index contributed by atoms with van der Waals surface area (Å²) < 4.78 is 0. The van der Waals surface area contributed by atoms with Crippen LogP contribution in [0.1, 0.15) is 52.9 Å². The summed E-state index contributed by atoms with van der Waals surface area (Å²) >= 11 is 0. The normalized spacial score (nSPS) is 24.0. The third kappa shape index (κ3) is 2.94. The molecule has 2 atom stereocenters. The van der Waals surface area contributed by atoms with Gasteiger partial charge in [0.15, 0.2) is 0 Å². The summed E-state index contributed by atoms with van der Waals surface area (Å²) in [4.78, 5) is 2.65. The molecule has 0 aliphatic carbocycles. The van der Waals surface area contributed by atoms with Crippen molar-refractivity contribution in [2.75, 3.05) is 19.6 Å². The minimum atomic E-state index is 0.298. The van der Waals surface area contributed by atoms with Crippen LogP contribution in [0.4, 0.5) is 0 Å². The van der Waals surface area contributed by atoms with E-state index in [1.807, 2.05) is 0 Å². The number of hydrogen-bond donors (Lipinski definition) is 1. The summed E-state index contributed by atoms with van der Waals surface area (Å²) in [6, 6.07) is 0. The van der Waals surface area contributed by atoms with Crippen LogP contribution in [-0.2, 0) is 0 Å². The Hall–Kier alpha value is -0.0800. The Labute approximate surface area is 95.2 Å².